The molecule has 2 aromatic rings. The molecule has 0 radical (unpaired) electrons. The Hall–Kier alpha value is -1.42. The molecule has 3 nitrogen and oxygen atoms in total. The van der Waals surface area contributed by atoms with Crippen LogP contribution in [0, 0.1) is 5.41 Å². The maximum Gasteiger partial charge on any atom is 0.187 e. The standard InChI is InChI=1S/C10H10N2OS/c1-13-9(11)6-10-12-7-4-2-3-5-8(7)14-10/h2-5,11H,6H2,1H3. The Balaban J connectivity index is 2.31. The van der Waals surface area contributed by atoms with Gasteiger partial charge in [0.2, 0.25) is 0 Å². The van der Waals surface area contributed by atoms with Crippen LogP contribution < -0.4 is 0 Å². The number of hydrogen-bond donors (Lipinski definition) is 1. The van der Waals surface area contributed by atoms with Crippen LogP contribution in [0.3, 0.4) is 0 Å². The molecule has 0 spiro atoms. The molecule has 0 aliphatic carbocycles. The number of thiazole rings is 1. The average Bonchev–Trinajstić information content (AvgIpc) is 2.59. The fourth-order valence-electron chi connectivity index (χ4n) is 1.21. The molecule has 1 heterocycles. The summed E-state index contributed by atoms with van der Waals surface area (Å²) in [6.45, 7) is 0. The van der Waals surface area contributed by atoms with Crippen molar-refractivity contribution >= 4 is 27.5 Å². The Kier molecular flexibility index (Phi) is 2.45. The second-order valence-corrected chi connectivity index (χ2v) is 3.99. The number of nitrogens with one attached hydrogen (secondary N) is 1. The molecule has 0 aliphatic heterocycles. The van der Waals surface area contributed by atoms with Gasteiger partial charge in [-0.15, -0.1) is 11.3 Å². The molecule has 14 heavy (non-hydrogen) atoms. The first-order valence-corrected chi connectivity index (χ1v) is 5.07. The summed E-state index contributed by atoms with van der Waals surface area (Å²) in [5, 5.41) is 8.32. The SMILES string of the molecule is COC(=N)Cc1nc2ccccc2s1. The summed E-state index contributed by atoms with van der Waals surface area (Å²) < 4.78 is 5.96. The van der Waals surface area contributed by atoms with Gasteiger partial charge >= 0.3 is 0 Å². The molecular formula is C10H10N2OS. The summed E-state index contributed by atoms with van der Waals surface area (Å²) in [7, 11) is 1.51. The number of fused-ring (bicyclic) bond motifs is 1. The minimum atomic E-state index is 0.254. The largest absolute Gasteiger partial charge is 0.484 e. The van der Waals surface area contributed by atoms with E-state index in [2.05, 4.69) is 4.98 Å². The van der Waals surface area contributed by atoms with Gasteiger partial charge in [-0.3, -0.25) is 5.41 Å². The Labute approximate surface area is 85.9 Å². The van der Waals surface area contributed by atoms with Crippen molar-refractivity contribution in [2.24, 2.45) is 0 Å². The number of rotatable bonds is 2. The molecule has 1 N–H and O–H groups in total. The van der Waals surface area contributed by atoms with Crippen LogP contribution in [0.4, 0.5) is 0 Å². The molecule has 72 valence electrons. The first-order valence-electron chi connectivity index (χ1n) is 4.25. The van der Waals surface area contributed by atoms with Crippen molar-refractivity contribution < 1.29 is 4.74 Å². The highest BCUT2D eigenvalue weighted by Crippen LogP contribution is 2.21. The van der Waals surface area contributed by atoms with E-state index in [1.807, 2.05) is 24.3 Å². The van der Waals surface area contributed by atoms with Crippen molar-refractivity contribution in [3.05, 3.63) is 29.3 Å². The van der Waals surface area contributed by atoms with E-state index < -0.39 is 0 Å². The summed E-state index contributed by atoms with van der Waals surface area (Å²) in [5.74, 6) is 0.254. The summed E-state index contributed by atoms with van der Waals surface area (Å²) in [5.41, 5.74) is 0.997. The minimum absolute atomic E-state index is 0.254. The molecule has 0 bridgehead atoms. The number of methoxy groups -OCH3 is 1. The van der Waals surface area contributed by atoms with Crippen LogP contribution in [0.5, 0.6) is 0 Å². The smallest absolute Gasteiger partial charge is 0.187 e. The third-order valence-corrected chi connectivity index (χ3v) is 2.93. The van der Waals surface area contributed by atoms with E-state index in [0.717, 1.165) is 15.2 Å². The van der Waals surface area contributed by atoms with Gasteiger partial charge in [-0.05, 0) is 12.1 Å². The average molecular weight is 206 g/mol. The molecule has 1 aromatic heterocycles. The number of nitrogens with zero attached hydrogens (tertiary/aromatic N) is 1. The van der Waals surface area contributed by atoms with Crippen molar-refractivity contribution in [2.75, 3.05) is 7.11 Å². The number of hydrogen-bond acceptors (Lipinski definition) is 4. The van der Waals surface area contributed by atoms with E-state index in [9.17, 15) is 0 Å². The molecule has 0 fully saturated rings. The van der Waals surface area contributed by atoms with Crippen LogP contribution in [0.25, 0.3) is 10.2 Å². The lowest BCUT2D eigenvalue weighted by Gasteiger charge is -1.96. The second kappa shape index (κ2) is 3.75. The van der Waals surface area contributed by atoms with E-state index in [0.29, 0.717) is 6.42 Å². The third kappa shape index (κ3) is 1.75. The first kappa shape index (κ1) is 9.15. The quantitative estimate of drug-likeness (QED) is 0.606. The highest BCUT2D eigenvalue weighted by atomic mass is 32.1. The number of para-hydroxylation sites is 1. The van der Waals surface area contributed by atoms with Crippen LogP contribution in [0.2, 0.25) is 0 Å². The minimum Gasteiger partial charge on any atom is -0.484 e. The van der Waals surface area contributed by atoms with Gasteiger partial charge in [0.05, 0.1) is 23.7 Å². The van der Waals surface area contributed by atoms with Gasteiger partial charge in [0.15, 0.2) is 5.90 Å². The summed E-state index contributed by atoms with van der Waals surface area (Å²) >= 11 is 1.61. The van der Waals surface area contributed by atoms with E-state index in [4.69, 9.17) is 10.1 Å². The van der Waals surface area contributed by atoms with Gasteiger partial charge in [-0.2, -0.15) is 0 Å². The van der Waals surface area contributed by atoms with Crippen molar-refractivity contribution in [2.45, 2.75) is 6.42 Å². The molecule has 1 aromatic carbocycles. The highest BCUT2D eigenvalue weighted by Gasteiger charge is 2.05. The molecule has 4 heteroatoms. The lowest BCUT2D eigenvalue weighted by molar-refractivity contribution is 0.390. The topological polar surface area (TPSA) is 46.0 Å². The summed E-state index contributed by atoms with van der Waals surface area (Å²) in [6, 6.07) is 7.97. The first-order chi connectivity index (χ1) is 6.79. The van der Waals surface area contributed by atoms with E-state index >= 15 is 0 Å². The monoisotopic (exact) mass is 206 g/mol. The zero-order chi connectivity index (χ0) is 9.97. The lowest BCUT2D eigenvalue weighted by atomic mass is 10.3. The van der Waals surface area contributed by atoms with Crippen LogP contribution in [-0.4, -0.2) is 18.0 Å². The summed E-state index contributed by atoms with van der Waals surface area (Å²) in [4.78, 5) is 4.40. The Bertz CT molecular complexity index is 431. The Morgan fingerprint density at radius 1 is 1.50 bits per heavy atom. The van der Waals surface area contributed by atoms with Gasteiger partial charge in [0.25, 0.3) is 0 Å². The van der Waals surface area contributed by atoms with Crippen LogP contribution in [0.15, 0.2) is 24.3 Å². The fourth-order valence-corrected chi connectivity index (χ4v) is 2.17. The fraction of sp³-hybridized carbons (Fsp3) is 0.200. The van der Waals surface area contributed by atoms with Crippen molar-refractivity contribution in [1.29, 1.82) is 5.41 Å². The van der Waals surface area contributed by atoms with E-state index in [1.165, 1.54) is 7.11 Å². The maximum absolute atomic E-state index is 7.39. The normalized spacial score (nSPS) is 10.4. The second-order valence-electron chi connectivity index (χ2n) is 2.88. The number of aromatic nitrogens is 1. The zero-order valence-corrected chi connectivity index (χ0v) is 8.60. The van der Waals surface area contributed by atoms with E-state index in [1.54, 1.807) is 11.3 Å². The Morgan fingerprint density at radius 3 is 3.00 bits per heavy atom. The molecular weight excluding hydrogens is 196 g/mol. The molecule has 0 saturated carbocycles. The zero-order valence-electron chi connectivity index (χ0n) is 7.78. The molecule has 0 atom stereocenters. The highest BCUT2D eigenvalue weighted by molar-refractivity contribution is 7.18. The predicted octanol–water partition coefficient (Wildman–Crippen LogP) is 2.46. The lowest BCUT2D eigenvalue weighted by Crippen LogP contribution is -2.02. The number of benzene rings is 1. The van der Waals surface area contributed by atoms with Crippen LogP contribution in [-0.2, 0) is 11.2 Å². The number of ether oxygens (including phenoxy) is 1. The van der Waals surface area contributed by atoms with Gasteiger partial charge in [0.1, 0.15) is 5.01 Å². The van der Waals surface area contributed by atoms with Gasteiger partial charge < -0.3 is 4.74 Å². The predicted molar refractivity (Wildman–Crippen MR) is 58.1 cm³/mol. The van der Waals surface area contributed by atoms with Gasteiger partial charge in [-0.25, -0.2) is 4.98 Å². The van der Waals surface area contributed by atoms with Crippen molar-refractivity contribution in [3.63, 3.8) is 0 Å². The maximum atomic E-state index is 7.39. The summed E-state index contributed by atoms with van der Waals surface area (Å²) in [6.07, 6.45) is 0.482. The molecule has 0 unspecified atom stereocenters. The van der Waals surface area contributed by atoms with Crippen molar-refractivity contribution in [3.8, 4) is 0 Å². The molecule has 2 rings (SSSR count). The van der Waals surface area contributed by atoms with E-state index in [-0.39, 0.29) is 5.90 Å². The Morgan fingerprint density at radius 2 is 2.29 bits per heavy atom. The molecule has 0 saturated heterocycles. The molecule has 0 aliphatic rings. The van der Waals surface area contributed by atoms with Crippen molar-refractivity contribution in [1.82, 2.24) is 4.98 Å². The van der Waals surface area contributed by atoms with Gasteiger partial charge in [0, 0.05) is 0 Å². The third-order valence-electron chi connectivity index (χ3n) is 1.90. The van der Waals surface area contributed by atoms with Crippen LogP contribution >= 0.6 is 11.3 Å². The van der Waals surface area contributed by atoms with Crippen LogP contribution in [0.1, 0.15) is 5.01 Å². The molecule has 0 amide bonds. The van der Waals surface area contributed by atoms with Gasteiger partial charge in [-0.1, -0.05) is 12.1 Å².